The predicted octanol–water partition coefficient (Wildman–Crippen LogP) is 4.93. The molecule has 0 radical (unpaired) electrons. The third kappa shape index (κ3) is 4.86. The van der Waals surface area contributed by atoms with Crippen molar-refractivity contribution in [1.82, 2.24) is 4.98 Å². The first-order valence-corrected chi connectivity index (χ1v) is 10.2. The molecule has 0 fully saturated rings. The van der Waals surface area contributed by atoms with Crippen molar-refractivity contribution >= 4 is 23.4 Å². The van der Waals surface area contributed by atoms with Crippen LogP contribution in [-0.4, -0.2) is 24.1 Å². The van der Waals surface area contributed by atoms with E-state index in [2.05, 4.69) is 10.3 Å². The number of halogens is 1. The van der Waals surface area contributed by atoms with Crippen molar-refractivity contribution in [2.45, 2.75) is 17.2 Å². The Bertz CT molecular complexity index is 994. The fourth-order valence-electron chi connectivity index (χ4n) is 2.86. The number of hydrogen-bond acceptors (Lipinski definition) is 5. The van der Waals surface area contributed by atoms with Crippen molar-refractivity contribution in [2.24, 2.45) is 0 Å². The van der Waals surface area contributed by atoms with E-state index < -0.39 is 0 Å². The van der Waals surface area contributed by atoms with Gasteiger partial charge in [-0.1, -0.05) is 12.1 Å². The summed E-state index contributed by atoms with van der Waals surface area (Å²) in [6.07, 6.45) is 2.40. The van der Waals surface area contributed by atoms with E-state index in [9.17, 15) is 9.18 Å². The molecule has 1 aliphatic heterocycles. The van der Waals surface area contributed by atoms with Gasteiger partial charge in [0, 0.05) is 29.6 Å². The molecule has 2 heterocycles. The summed E-state index contributed by atoms with van der Waals surface area (Å²) in [6.45, 7) is 1.30. The van der Waals surface area contributed by atoms with Crippen LogP contribution in [0, 0.1) is 5.82 Å². The molecule has 0 spiro atoms. The average molecular weight is 410 g/mol. The third-order valence-electron chi connectivity index (χ3n) is 4.33. The molecule has 4 rings (SSSR count). The first-order valence-electron chi connectivity index (χ1n) is 9.22. The minimum Gasteiger partial charge on any atom is -0.490 e. The van der Waals surface area contributed by atoms with Crippen LogP contribution in [0.2, 0.25) is 0 Å². The Hall–Kier alpha value is -3.06. The van der Waals surface area contributed by atoms with E-state index in [1.54, 1.807) is 17.8 Å². The Morgan fingerprint density at radius 3 is 2.69 bits per heavy atom. The topological polar surface area (TPSA) is 60.5 Å². The highest BCUT2D eigenvalue weighted by Gasteiger charge is 2.15. The minimum absolute atomic E-state index is 0.292. The zero-order valence-corrected chi connectivity index (χ0v) is 16.4. The smallest absolute Gasteiger partial charge is 0.257 e. The van der Waals surface area contributed by atoms with Crippen molar-refractivity contribution in [2.75, 3.05) is 18.5 Å². The Balaban J connectivity index is 1.39. The van der Waals surface area contributed by atoms with Crippen LogP contribution < -0.4 is 14.8 Å². The monoisotopic (exact) mass is 410 g/mol. The Kier molecular flexibility index (Phi) is 5.95. The molecule has 1 amide bonds. The number of carbonyl (C=O) groups is 1. The maximum atomic E-state index is 13.0. The van der Waals surface area contributed by atoms with Crippen molar-refractivity contribution in [3.05, 3.63) is 77.7 Å². The molecule has 29 heavy (non-hydrogen) atoms. The second-order valence-electron chi connectivity index (χ2n) is 6.43. The van der Waals surface area contributed by atoms with E-state index in [1.165, 1.54) is 30.5 Å². The number of benzene rings is 2. The third-order valence-corrected chi connectivity index (χ3v) is 5.32. The Morgan fingerprint density at radius 2 is 1.90 bits per heavy atom. The average Bonchev–Trinajstić information content (AvgIpc) is 3.00. The van der Waals surface area contributed by atoms with Gasteiger partial charge in [0.2, 0.25) is 0 Å². The van der Waals surface area contributed by atoms with Crippen molar-refractivity contribution in [3.63, 3.8) is 0 Å². The maximum Gasteiger partial charge on any atom is 0.257 e. The molecule has 0 bridgehead atoms. The van der Waals surface area contributed by atoms with Gasteiger partial charge in [-0.25, -0.2) is 9.37 Å². The SMILES string of the molecule is O=C(Nc1ccc(F)cc1)c1ccc(SCc2cccc3c2OCCCO3)nc1. The van der Waals surface area contributed by atoms with E-state index in [0.717, 1.165) is 28.5 Å². The normalized spacial score (nSPS) is 12.9. The summed E-state index contributed by atoms with van der Waals surface area (Å²) in [6, 6.07) is 15.0. The summed E-state index contributed by atoms with van der Waals surface area (Å²) in [5, 5.41) is 3.52. The van der Waals surface area contributed by atoms with Crippen LogP contribution in [0.3, 0.4) is 0 Å². The van der Waals surface area contributed by atoms with Gasteiger partial charge in [-0.15, -0.1) is 11.8 Å². The Morgan fingerprint density at radius 1 is 1.07 bits per heavy atom. The summed E-state index contributed by atoms with van der Waals surface area (Å²) in [5.74, 6) is 1.62. The number of fused-ring (bicyclic) bond motifs is 1. The van der Waals surface area contributed by atoms with Gasteiger partial charge in [0.25, 0.3) is 5.91 Å². The number of rotatable bonds is 5. The first-order chi connectivity index (χ1) is 14.2. The van der Waals surface area contributed by atoms with Crippen LogP contribution >= 0.6 is 11.8 Å². The number of thioether (sulfide) groups is 1. The summed E-state index contributed by atoms with van der Waals surface area (Å²) in [4.78, 5) is 16.7. The molecule has 0 saturated carbocycles. The molecule has 1 aromatic heterocycles. The number of hydrogen-bond donors (Lipinski definition) is 1. The zero-order valence-electron chi connectivity index (χ0n) is 15.6. The van der Waals surface area contributed by atoms with Crippen molar-refractivity contribution in [1.29, 1.82) is 0 Å². The van der Waals surface area contributed by atoms with E-state index in [-0.39, 0.29) is 11.7 Å². The van der Waals surface area contributed by atoms with Gasteiger partial charge in [0.15, 0.2) is 11.5 Å². The number of aromatic nitrogens is 1. The van der Waals surface area contributed by atoms with Crippen molar-refractivity contribution < 1.29 is 18.7 Å². The second kappa shape index (κ2) is 8.96. The van der Waals surface area contributed by atoms with Gasteiger partial charge < -0.3 is 14.8 Å². The van der Waals surface area contributed by atoms with Crippen LogP contribution in [-0.2, 0) is 5.75 Å². The van der Waals surface area contributed by atoms with Crippen LogP contribution in [0.4, 0.5) is 10.1 Å². The van der Waals surface area contributed by atoms with Crippen LogP contribution in [0.5, 0.6) is 11.5 Å². The summed E-state index contributed by atoms with van der Waals surface area (Å²) < 4.78 is 24.5. The van der Waals surface area contributed by atoms with Crippen LogP contribution in [0.15, 0.2) is 65.8 Å². The second-order valence-corrected chi connectivity index (χ2v) is 7.43. The van der Waals surface area contributed by atoms with Crippen LogP contribution in [0.25, 0.3) is 0 Å². The minimum atomic E-state index is -0.349. The summed E-state index contributed by atoms with van der Waals surface area (Å²) >= 11 is 1.56. The molecule has 7 heteroatoms. The molecular weight excluding hydrogens is 391 g/mol. The van der Waals surface area contributed by atoms with Gasteiger partial charge in [-0.3, -0.25) is 4.79 Å². The predicted molar refractivity (Wildman–Crippen MR) is 110 cm³/mol. The number of ether oxygens (including phenoxy) is 2. The number of carbonyl (C=O) groups excluding carboxylic acids is 1. The molecule has 0 saturated heterocycles. The molecule has 5 nitrogen and oxygen atoms in total. The van der Waals surface area contributed by atoms with E-state index in [4.69, 9.17) is 9.47 Å². The lowest BCUT2D eigenvalue weighted by molar-refractivity contribution is 0.102. The number of amides is 1. The number of anilines is 1. The summed E-state index contributed by atoms with van der Waals surface area (Å²) in [5.41, 5.74) is 2.01. The molecule has 0 aliphatic carbocycles. The van der Waals surface area contributed by atoms with E-state index in [1.807, 2.05) is 24.3 Å². The molecule has 1 aliphatic rings. The summed E-state index contributed by atoms with van der Waals surface area (Å²) in [7, 11) is 0. The van der Waals surface area contributed by atoms with Crippen molar-refractivity contribution in [3.8, 4) is 11.5 Å². The number of pyridine rings is 1. The molecule has 2 aromatic carbocycles. The van der Waals surface area contributed by atoms with Gasteiger partial charge >= 0.3 is 0 Å². The number of nitrogens with one attached hydrogen (secondary N) is 1. The van der Waals surface area contributed by atoms with Gasteiger partial charge in [-0.05, 0) is 42.5 Å². The highest BCUT2D eigenvalue weighted by molar-refractivity contribution is 7.98. The number of nitrogens with zero attached hydrogens (tertiary/aromatic N) is 1. The lowest BCUT2D eigenvalue weighted by atomic mass is 10.2. The highest BCUT2D eigenvalue weighted by atomic mass is 32.2. The quantitative estimate of drug-likeness (QED) is 0.605. The van der Waals surface area contributed by atoms with Crippen LogP contribution in [0.1, 0.15) is 22.3 Å². The lowest BCUT2D eigenvalue weighted by Gasteiger charge is -2.12. The van der Waals surface area contributed by atoms with E-state index >= 15 is 0 Å². The largest absolute Gasteiger partial charge is 0.490 e. The van der Waals surface area contributed by atoms with Gasteiger partial charge in [0.05, 0.1) is 23.8 Å². The zero-order chi connectivity index (χ0) is 20.1. The number of para-hydroxylation sites is 1. The molecule has 0 atom stereocenters. The van der Waals surface area contributed by atoms with Gasteiger partial charge in [-0.2, -0.15) is 0 Å². The standard InChI is InChI=1S/C22H19FN2O3S/c23-17-6-8-18(9-7-17)25-22(26)15-5-10-20(24-13-15)29-14-16-3-1-4-19-21(16)28-12-2-11-27-19/h1,3-10,13H,2,11-12,14H2,(H,25,26). The fourth-order valence-corrected chi connectivity index (χ4v) is 3.68. The maximum absolute atomic E-state index is 13.0. The van der Waals surface area contributed by atoms with Gasteiger partial charge in [0.1, 0.15) is 5.82 Å². The molecule has 3 aromatic rings. The highest BCUT2D eigenvalue weighted by Crippen LogP contribution is 2.36. The first kappa shape index (κ1) is 19.3. The molecular formula is C22H19FN2O3S. The molecule has 148 valence electrons. The Labute approximate surface area is 172 Å². The molecule has 1 N–H and O–H groups in total. The lowest BCUT2D eigenvalue weighted by Crippen LogP contribution is -2.12. The van der Waals surface area contributed by atoms with E-state index in [0.29, 0.717) is 30.2 Å². The molecule has 0 unspecified atom stereocenters. The fraction of sp³-hybridized carbons (Fsp3) is 0.182.